The molecule has 19 heavy (non-hydrogen) atoms. The lowest BCUT2D eigenvalue weighted by Gasteiger charge is -2.36. The third-order valence-corrected chi connectivity index (χ3v) is 4.89. The summed E-state index contributed by atoms with van der Waals surface area (Å²) < 4.78 is 1.04. The monoisotopic (exact) mass is 345 g/mol. The van der Waals surface area contributed by atoms with Crippen LogP contribution in [-0.2, 0) is 11.3 Å². The van der Waals surface area contributed by atoms with Crippen LogP contribution in [0.15, 0.2) is 22.7 Å². The third kappa shape index (κ3) is 3.50. The molecule has 0 aromatic heterocycles. The van der Waals surface area contributed by atoms with Crippen LogP contribution in [0.3, 0.4) is 0 Å². The summed E-state index contributed by atoms with van der Waals surface area (Å²) in [4.78, 5) is 13.5. The van der Waals surface area contributed by atoms with E-state index in [4.69, 9.17) is 11.6 Å². The maximum Gasteiger partial charge on any atom is 0.309 e. The Hall–Kier alpha value is -0.580. The van der Waals surface area contributed by atoms with Crippen molar-refractivity contribution < 1.29 is 9.90 Å². The van der Waals surface area contributed by atoms with Crippen LogP contribution in [0.1, 0.15) is 25.3 Å². The van der Waals surface area contributed by atoms with E-state index in [0.717, 1.165) is 34.7 Å². The number of halogens is 2. The molecule has 0 spiro atoms. The Morgan fingerprint density at radius 3 is 2.68 bits per heavy atom. The van der Waals surface area contributed by atoms with Crippen LogP contribution in [-0.4, -0.2) is 29.1 Å². The van der Waals surface area contributed by atoms with Gasteiger partial charge in [0.05, 0.1) is 5.41 Å². The lowest BCUT2D eigenvalue weighted by Crippen LogP contribution is -2.42. The third-order valence-electron chi connectivity index (χ3n) is 3.88. The van der Waals surface area contributed by atoms with Crippen molar-refractivity contribution in [3.05, 3.63) is 33.3 Å². The highest BCUT2D eigenvalue weighted by Gasteiger charge is 2.36. The minimum Gasteiger partial charge on any atom is -0.481 e. The number of likely N-dealkylation sites (tertiary alicyclic amines) is 1. The number of carbonyl (C=O) groups is 1. The van der Waals surface area contributed by atoms with E-state index in [1.165, 1.54) is 0 Å². The van der Waals surface area contributed by atoms with E-state index in [2.05, 4.69) is 20.8 Å². The van der Waals surface area contributed by atoms with Crippen molar-refractivity contribution >= 4 is 33.5 Å². The summed E-state index contributed by atoms with van der Waals surface area (Å²) in [6.07, 6.45) is 1.39. The molecule has 1 N–H and O–H groups in total. The first-order valence-electron chi connectivity index (χ1n) is 6.30. The summed E-state index contributed by atoms with van der Waals surface area (Å²) in [6.45, 7) is 4.25. The van der Waals surface area contributed by atoms with Gasteiger partial charge >= 0.3 is 5.97 Å². The molecular formula is C14H17BrClNO2. The zero-order chi connectivity index (χ0) is 14.0. The Bertz CT molecular complexity index is 484. The van der Waals surface area contributed by atoms with Crippen LogP contribution < -0.4 is 0 Å². The molecule has 3 nitrogen and oxygen atoms in total. The summed E-state index contributed by atoms with van der Waals surface area (Å²) >= 11 is 9.53. The largest absolute Gasteiger partial charge is 0.481 e. The maximum atomic E-state index is 11.2. The second-order valence-corrected chi connectivity index (χ2v) is 6.67. The number of carboxylic acids is 1. The molecule has 1 aromatic carbocycles. The fourth-order valence-electron chi connectivity index (χ4n) is 2.32. The van der Waals surface area contributed by atoms with E-state index in [9.17, 15) is 9.90 Å². The van der Waals surface area contributed by atoms with Crippen LogP contribution in [0.25, 0.3) is 0 Å². The summed E-state index contributed by atoms with van der Waals surface area (Å²) in [5.74, 6) is -0.684. The molecule has 0 bridgehead atoms. The second kappa shape index (κ2) is 5.81. The number of carboxylic acid groups (broad SMARTS) is 1. The Balaban J connectivity index is 1.99. The maximum absolute atomic E-state index is 11.2. The van der Waals surface area contributed by atoms with Crippen molar-refractivity contribution in [3.63, 3.8) is 0 Å². The molecular weight excluding hydrogens is 330 g/mol. The molecule has 1 aromatic rings. The lowest BCUT2D eigenvalue weighted by atomic mass is 9.80. The van der Waals surface area contributed by atoms with Crippen molar-refractivity contribution in [2.45, 2.75) is 26.3 Å². The van der Waals surface area contributed by atoms with Gasteiger partial charge in [-0.25, -0.2) is 0 Å². The number of nitrogens with zero attached hydrogens (tertiary/aromatic N) is 1. The first-order chi connectivity index (χ1) is 8.90. The molecule has 0 amide bonds. The smallest absolute Gasteiger partial charge is 0.309 e. The molecule has 1 aliphatic heterocycles. The Morgan fingerprint density at radius 2 is 2.11 bits per heavy atom. The molecule has 1 fully saturated rings. The van der Waals surface area contributed by atoms with Gasteiger partial charge in [-0.05, 0) is 56.6 Å². The van der Waals surface area contributed by atoms with Crippen molar-refractivity contribution in [3.8, 4) is 0 Å². The zero-order valence-electron chi connectivity index (χ0n) is 10.8. The topological polar surface area (TPSA) is 40.5 Å². The number of aliphatic carboxylic acids is 1. The van der Waals surface area contributed by atoms with Crippen molar-refractivity contribution in [2.24, 2.45) is 5.41 Å². The standard InChI is InChI=1S/C14H17BrClNO2/c1-14(13(18)19)4-6-17(7-5-14)9-10-8-11(16)2-3-12(10)15/h2-3,8H,4-7,9H2,1H3,(H,18,19). The number of hydrogen-bond acceptors (Lipinski definition) is 2. The zero-order valence-corrected chi connectivity index (χ0v) is 13.2. The van der Waals surface area contributed by atoms with Gasteiger partial charge in [0.1, 0.15) is 0 Å². The van der Waals surface area contributed by atoms with Gasteiger partial charge in [-0.3, -0.25) is 9.69 Å². The number of hydrogen-bond donors (Lipinski definition) is 1. The summed E-state index contributed by atoms with van der Waals surface area (Å²) in [7, 11) is 0. The minimum absolute atomic E-state index is 0.567. The average molecular weight is 347 g/mol. The van der Waals surface area contributed by atoms with Crippen LogP contribution >= 0.6 is 27.5 Å². The first-order valence-corrected chi connectivity index (χ1v) is 7.47. The molecule has 2 rings (SSSR count). The molecule has 1 heterocycles. The van der Waals surface area contributed by atoms with Crippen LogP contribution in [0.4, 0.5) is 0 Å². The fourth-order valence-corrected chi connectivity index (χ4v) is 2.89. The lowest BCUT2D eigenvalue weighted by molar-refractivity contribution is -0.150. The highest BCUT2D eigenvalue weighted by atomic mass is 79.9. The minimum atomic E-state index is -0.684. The van der Waals surface area contributed by atoms with Gasteiger partial charge < -0.3 is 5.11 Å². The normalized spacial score (nSPS) is 19.3. The van der Waals surface area contributed by atoms with E-state index in [0.29, 0.717) is 12.8 Å². The van der Waals surface area contributed by atoms with Gasteiger partial charge in [-0.2, -0.15) is 0 Å². The summed E-state index contributed by atoms with van der Waals surface area (Å²) in [6, 6.07) is 5.76. The molecule has 0 atom stereocenters. The van der Waals surface area contributed by atoms with Gasteiger partial charge in [0.25, 0.3) is 0 Å². The Morgan fingerprint density at radius 1 is 1.47 bits per heavy atom. The Kier molecular flexibility index (Phi) is 4.54. The molecule has 0 unspecified atom stereocenters. The number of benzene rings is 1. The van der Waals surface area contributed by atoms with Crippen molar-refractivity contribution in [1.82, 2.24) is 4.90 Å². The van der Waals surface area contributed by atoms with Gasteiger partial charge in [0, 0.05) is 16.0 Å². The quantitative estimate of drug-likeness (QED) is 0.905. The van der Waals surface area contributed by atoms with Crippen LogP contribution in [0.5, 0.6) is 0 Å². The number of piperidine rings is 1. The van der Waals surface area contributed by atoms with E-state index in [1.807, 2.05) is 25.1 Å². The molecule has 0 saturated carbocycles. The molecule has 1 saturated heterocycles. The van der Waals surface area contributed by atoms with Crippen LogP contribution in [0.2, 0.25) is 5.02 Å². The molecule has 5 heteroatoms. The molecule has 0 aliphatic carbocycles. The second-order valence-electron chi connectivity index (χ2n) is 5.38. The highest BCUT2D eigenvalue weighted by Crippen LogP contribution is 2.32. The van der Waals surface area contributed by atoms with Gasteiger partial charge in [0.15, 0.2) is 0 Å². The van der Waals surface area contributed by atoms with Gasteiger partial charge in [-0.15, -0.1) is 0 Å². The Labute approximate surface area is 126 Å². The van der Waals surface area contributed by atoms with Crippen molar-refractivity contribution in [1.29, 1.82) is 0 Å². The summed E-state index contributed by atoms with van der Waals surface area (Å²) in [5.41, 5.74) is 0.577. The average Bonchev–Trinajstić information content (AvgIpc) is 2.36. The van der Waals surface area contributed by atoms with E-state index in [1.54, 1.807) is 0 Å². The highest BCUT2D eigenvalue weighted by molar-refractivity contribution is 9.10. The predicted molar refractivity (Wildman–Crippen MR) is 79.4 cm³/mol. The SMILES string of the molecule is CC1(C(=O)O)CCN(Cc2cc(Cl)ccc2Br)CC1. The summed E-state index contributed by atoms with van der Waals surface area (Å²) in [5, 5.41) is 9.94. The molecule has 0 radical (unpaired) electrons. The van der Waals surface area contributed by atoms with Crippen molar-refractivity contribution in [2.75, 3.05) is 13.1 Å². The van der Waals surface area contributed by atoms with Crippen LogP contribution in [0, 0.1) is 5.41 Å². The van der Waals surface area contributed by atoms with Gasteiger partial charge in [-0.1, -0.05) is 27.5 Å². The first kappa shape index (κ1) is 14.8. The molecule has 1 aliphatic rings. The molecule has 104 valence electrons. The number of rotatable bonds is 3. The predicted octanol–water partition coefficient (Wildman–Crippen LogP) is 3.79. The van der Waals surface area contributed by atoms with Gasteiger partial charge in [0.2, 0.25) is 0 Å². The van der Waals surface area contributed by atoms with E-state index >= 15 is 0 Å². The van der Waals surface area contributed by atoms with E-state index in [-0.39, 0.29) is 0 Å². The van der Waals surface area contributed by atoms with E-state index < -0.39 is 11.4 Å². The fraction of sp³-hybridized carbons (Fsp3) is 0.500.